The van der Waals surface area contributed by atoms with Gasteiger partial charge in [0.15, 0.2) is 5.78 Å². The van der Waals surface area contributed by atoms with Crippen LogP contribution in [0.5, 0.6) is 11.5 Å². The quantitative estimate of drug-likeness (QED) is 0.454. The molecule has 0 atom stereocenters. The second-order valence-electron chi connectivity index (χ2n) is 9.43. The first-order valence-corrected chi connectivity index (χ1v) is 12.6. The van der Waals surface area contributed by atoms with Crippen LogP contribution in [-0.4, -0.2) is 53.0 Å². The van der Waals surface area contributed by atoms with Crippen LogP contribution in [0.25, 0.3) is 15.9 Å². The van der Waals surface area contributed by atoms with Crippen molar-refractivity contribution in [2.75, 3.05) is 27.3 Å². The Hall–Kier alpha value is -3.40. The second kappa shape index (κ2) is 10.3. The highest BCUT2D eigenvalue weighted by molar-refractivity contribution is 7.20. The number of methoxy groups -OCH3 is 2. The summed E-state index contributed by atoms with van der Waals surface area (Å²) in [7, 11) is 2.93. The number of Topliss-reactive ketones (excluding diaryl/α,β-unsaturated/α-hetero) is 1. The number of hydrogen-bond acceptors (Lipinski definition) is 7. The van der Waals surface area contributed by atoms with E-state index in [0.717, 1.165) is 15.9 Å². The maximum Gasteiger partial charge on any atom is 0.337 e. The molecule has 3 aromatic rings. The van der Waals surface area contributed by atoms with Gasteiger partial charge < -0.3 is 14.4 Å². The van der Waals surface area contributed by atoms with Crippen LogP contribution in [0.1, 0.15) is 49.9 Å². The Labute approximate surface area is 213 Å². The lowest BCUT2D eigenvalue weighted by Gasteiger charge is -2.19. The highest BCUT2D eigenvalue weighted by Crippen LogP contribution is 2.31. The number of aryl methyl sites for hydroxylation is 1. The van der Waals surface area contributed by atoms with Crippen molar-refractivity contribution in [1.29, 1.82) is 0 Å². The van der Waals surface area contributed by atoms with Crippen LogP contribution in [0.2, 0.25) is 0 Å². The maximum atomic E-state index is 13.8. The average Bonchev–Trinajstić information content (AvgIpc) is 3.18. The van der Waals surface area contributed by atoms with Gasteiger partial charge in [0.2, 0.25) is 0 Å². The van der Waals surface area contributed by atoms with Gasteiger partial charge in [0.1, 0.15) is 16.3 Å². The number of ketones is 1. The average molecular weight is 516 g/mol. The summed E-state index contributed by atoms with van der Waals surface area (Å²) in [5.74, 6) is 0.356. The lowest BCUT2D eigenvalue weighted by Crippen LogP contribution is -2.41. The van der Waals surface area contributed by atoms with Crippen molar-refractivity contribution in [3.05, 3.63) is 49.5 Å². The zero-order chi connectivity index (χ0) is 26.9. The van der Waals surface area contributed by atoms with E-state index in [0.29, 0.717) is 34.1 Å². The molecule has 2 heterocycles. The summed E-state index contributed by atoms with van der Waals surface area (Å²) in [5.41, 5.74) is -1.28. The minimum absolute atomic E-state index is 0.180. The summed E-state index contributed by atoms with van der Waals surface area (Å²) in [6, 6.07) is 4.76. The van der Waals surface area contributed by atoms with Gasteiger partial charge in [0, 0.05) is 24.6 Å². The van der Waals surface area contributed by atoms with Crippen LogP contribution in [-0.2, 0) is 11.3 Å². The van der Waals surface area contributed by atoms with Crippen LogP contribution < -0.4 is 20.7 Å². The van der Waals surface area contributed by atoms with Gasteiger partial charge in [0.25, 0.3) is 11.5 Å². The van der Waals surface area contributed by atoms with Gasteiger partial charge in [-0.15, -0.1) is 11.3 Å². The Morgan fingerprint density at radius 1 is 1.06 bits per heavy atom. The molecule has 0 unspecified atom stereocenters. The van der Waals surface area contributed by atoms with Crippen molar-refractivity contribution >= 4 is 33.2 Å². The van der Waals surface area contributed by atoms with Crippen molar-refractivity contribution in [2.24, 2.45) is 5.41 Å². The highest BCUT2D eigenvalue weighted by atomic mass is 32.1. The van der Waals surface area contributed by atoms with Crippen LogP contribution in [0.3, 0.4) is 0 Å². The summed E-state index contributed by atoms with van der Waals surface area (Å²) in [5, 5.41) is 0.231. The van der Waals surface area contributed by atoms with E-state index < -0.39 is 16.7 Å². The lowest BCUT2D eigenvalue weighted by atomic mass is 9.91. The molecule has 2 aromatic heterocycles. The molecular weight excluding hydrogens is 482 g/mol. The number of thiophene rings is 1. The molecule has 0 bridgehead atoms. The van der Waals surface area contributed by atoms with Crippen LogP contribution >= 0.6 is 11.3 Å². The Balaban J connectivity index is 2.45. The standard InChI is InChI=1S/C26H33N3O6S/c1-9-27(10-2)23(32)21-15(3)20-22(31)29(17-12-11-16(34-7)13-18(17)35-8)25(33)28(24(20)36-21)14-19(30)26(4,5)6/h11-13H,9-10,14H2,1-8H3. The first-order chi connectivity index (χ1) is 16.9. The molecule has 0 aliphatic rings. The second-order valence-corrected chi connectivity index (χ2v) is 10.4. The highest BCUT2D eigenvalue weighted by Gasteiger charge is 2.29. The summed E-state index contributed by atoms with van der Waals surface area (Å²) in [6.45, 7) is 11.6. The Kier molecular flexibility index (Phi) is 7.78. The Bertz CT molecular complexity index is 1440. The zero-order valence-corrected chi connectivity index (χ0v) is 22.9. The molecule has 0 saturated heterocycles. The van der Waals surface area contributed by atoms with Crippen molar-refractivity contribution < 1.29 is 19.1 Å². The minimum Gasteiger partial charge on any atom is -0.497 e. The first kappa shape index (κ1) is 27.2. The molecule has 194 valence electrons. The van der Waals surface area contributed by atoms with Gasteiger partial charge in [-0.25, -0.2) is 9.36 Å². The largest absolute Gasteiger partial charge is 0.497 e. The third-order valence-corrected chi connectivity index (χ3v) is 7.53. The number of amides is 1. The molecule has 0 fully saturated rings. The molecule has 9 nitrogen and oxygen atoms in total. The number of carbonyl (C=O) groups is 2. The van der Waals surface area contributed by atoms with Crippen LogP contribution in [0.4, 0.5) is 0 Å². The lowest BCUT2D eigenvalue weighted by molar-refractivity contribution is -0.126. The molecule has 10 heteroatoms. The first-order valence-electron chi connectivity index (χ1n) is 11.7. The molecule has 1 amide bonds. The smallest absolute Gasteiger partial charge is 0.337 e. The fraction of sp³-hybridized carbons (Fsp3) is 0.462. The predicted octanol–water partition coefficient (Wildman–Crippen LogP) is 3.64. The number of rotatable bonds is 8. The van der Waals surface area contributed by atoms with Gasteiger partial charge in [-0.1, -0.05) is 20.8 Å². The third-order valence-electron chi connectivity index (χ3n) is 6.22. The van der Waals surface area contributed by atoms with Crippen LogP contribution in [0.15, 0.2) is 27.8 Å². The number of aromatic nitrogens is 2. The topological polar surface area (TPSA) is 99.8 Å². The number of hydrogen-bond donors (Lipinski definition) is 0. The third kappa shape index (κ3) is 4.69. The number of benzene rings is 1. The molecule has 0 radical (unpaired) electrons. The van der Waals surface area contributed by atoms with Crippen molar-refractivity contribution in [1.82, 2.24) is 14.0 Å². The fourth-order valence-electron chi connectivity index (χ4n) is 3.91. The number of fused-ring (bicyclic) bond motifs is 1. The molecule has 0 spiro atoms. The minimum atomic E-state index is -0.712. The van der Waals surface area contributed by atoms with E-state index in [4.69, 9.17) is 9.47 Å². The van der Waals surface area contributed by atoms with Crippen molar-refractivity contribution in [3.63, 3.8) is 0 Å². The van der Waals surface area contributed by atoms with Gasteiger partial charge in [-0.3, -0.25) is 19.0 Å². The van der Waals surface area contributed by atoms with E-state index in [1.165, 1.54) is 18.8 Å². The molecule has 0 saturated carbocycles. The molecule has 0 N–H and O–H groups in total. The van der Waals surface area contributed by atoms with Crippen molar-refractivity contribution in [2.45, 2.75) is 48.1 Å². The molecular formula is C26H33N3O6S. The van der Waals surface area contributed by atoms with E-state index in [-0.39, 0.29) is 35.1 Å². The predicted molar refractivity (Wildman–Crippen MR) is 141 cm³/mol. The number of nitrogens with zero attached hydrogens (tertiary/aromatic N) is 3. The maximum absolute atomic E-state index is 13.8. The van der Waals surface area contributed by atoms with Gasteiger partial charge >= 0.3 is 5.69 Å². The molecule has 36 heavy (non-hydrogen) atoms. The van der Waals surface area contributed by atoms with Crippen molar-refractivity contribution in [3.8, 4) is 17.2 Å². The molecule has 1 aromatic carbocycles. The van der Waals surface area contributed by atoms with E-state index >= 15 is 0 Å². The Morgan fingerprint density at radius 2 is 1.69 bits per heavy atom. The Morgan fingerprint density at radius 3 is 2.22 bits per heavy atom. The molecule has 0 aliphatic heterocycles. The summed E-state index contributed by atoms with van der Waals surface area (Å²) >= 11 is 1.07. The van der Waals surface area contributed by atoms with E-state index in [9.17, 15) is 19.2 Å². The SMILES string of the molecule is CCN(CC)C(=O)c1sc2c(c1C)c(=O)n(-c1ccc(OC)cc1OC)c(=O)n2CC(=O)C(C)(C)C. The number of ether oxygens (including phenoxy) is 2. The normalized spacial score (nSPS) is 11.6. The van der Waals surface area contributed by atoms with Gasteiger partial charge in [-0.2, -0.15) is 0 Å². The fourth-order valence-corrected chi connectivity index (χ4v) is 5.17. The molecule has 3 rings (SSSR count). The summed E-state index contributed by atoms with van der Waals surface area (Å²) in [6.07, 6.45) is 0. The summed E-state index contributed by atoms with van der Waals surface area (Å²) in [4.78, 5) is 56.3. The van der Waals surface area contributed by atoms with Crippen LogP contribution in [0, 0.1) is 12.3 Å². The monoisotopic (exact) mass is 515 g/mol. The number of carbonyl (C=O) groups excluding carboxylic acids is 2. The van der Waals surface area contributed by atoms with E-state index in [2.05, 4.69) is 0 Å². The molecule has 0 aliphatic carbocycles. The van der Waals surface area contributed by atoms with E-state index in [1.54, 1.807) is 50.8 Å². The van der Waals surface area contributed by atoms with Gasteiger partial charge in [0.05, 0.1) is 36.7 Å². The summed E-state index contributed by atoms with van der Waals surface area (Å²) < 4.78 is 13.0. The van der Waals surface area contributed by atoms with E-state index in [1.807, 2.05) is 13.8 Å². The van der Waals surface area contributed by atoms with Gasteiger partial charge in [-0.05, 0) is 38.5 Å². The zero-order valence-electron chi connectivity index (χ0n) is 22.1.